The topological polar surface area (TPSA) is 57.0 Å². The van der Waals surface area contributed by atoms with E-state index in [-0.39, 0.29) is 5.91 Å². The van der Waals surface area contributed by atoms with Gasteiger partial charge in [0.1, 0.15) is 11.3 Å². The molecule has 2 aliphatic heterocycles. The van der Waals surface area contributed by atoms with Gasteiger partial charge in [-0.05, 0) is 85.8 Å². The van der Waals surface area contributed by atoms with Crippen LogP contribution in [0.2, 0.25) is 0 Å². The van der Waals surface area contributed by atoms with Gasteiger partial charge < -0.3 is 9.30 Å². The molecule has 6 rings (SSSR count). The van der Waals surface area contributed by atoms with E-state index in [9.17, 15) is 18.0 Å². The molecule has 0 unspecified atom stereocenters. The number of pyridine rings is 2. The summed E-state index contributed by atoms with van der Waals surface area (Å²) in [4.78, 5) is 28.8. The highest BCUT2D eigenvalue weighted by Gasteiger charge is 2.30. The van der Waals surface area contributed by atoms with Gasteiger partial charge in [0.25, 0.3) is 5.91 Å². The lowest BCUT2D eigenvalue weighted by Crippen LogP contribution is -2.48. The van der Waals surface area contributed by atoms with Crippen molar-refractivity contribution >= 4 is 11.6 Å². The van der Waals surface area contributed by atoms with Crippen LogP contribution in [0.15, 0.2) is 67.1 Å². The molecule has 0 radical (unpaired) electrons. The van der Waals surface area contributed by atoms with E-state index in [1.165, 1.54) is 23.3 Å². The van der Waals surface area contributed by atoms with Crippen LogP contribution in [0.1, 0.15) is 57.2 Å². The van der Waals surface area contributed by atoms with Crippen LogP contribution < -0.4 is 0 Å². The van der Waals surface area contributed by atoms with Crippen LogP contribution in [-0.4, -0.2) is 74.2 Å². The highest BCUT2D eigenvalue weighted by molar-refractivity contribution is 5.93. The number of halogens is 3. The Hall–Kier alpha value is -3.76. The minimum atomic E-state index is -4.33. The third-order valence-electron chi connectivity index (χ3n) is 8.49. The number of fused-ring (bicyclic) bond motifs is 1. The van der Waals surface area contributed by atoms with Gasteiger partial charge in [-0.2, -0.15) is 13.2 Å². The summed E-state index contributed by atoms with van der Waals surface area (Å²) in [6.45, 7) is 7.97. The van der Waals surface area contributed by atoms with Crippen LogP contribution >= 0.6 is 0 Å². The summed E-state index contributed by atoms with van der Waals surface area (Å²) >= 11 is 0. The van der Waals surface area contributed by atoms with E-state index < -0.39 is 11.7 Å². The zero-order chi connectivity index (χ0) is 29.3. The van der Waals surface area contributed by atoms with Gasteiger partial charge in [-0.3, -0.25) is 19.6 Å². The normalized spacial score (nSPS) is 17.7. The van der Waals surface area contributed by atoms with E-state index in [0.29, 0.717) is 44.3 Å². The lowest BCUT2D eigenvalue weighted by molar-refractivity contribution is -0.137. The Labute approximate surface area is 243 Å². The number of aromatic nitrogens is 3. The Kier molecular flexibility index (Phi) is 8.00. The molecule has 0 aliphatic carbocycles. The Morgan fingerprint density at radius 3 is 2.21 bits per heavy atom. The Morgan fingerprint density at radius 2 is 1.55 bits per heavy atom. The number of aryl methyl sites for hydroxylation is 1. The maximum atomic E-state index is 13.3. The minimum absolute atomic E-state index is 0.0895. The zero-order valence-electron chi connectivity index (χ0n) is 23.7. The number of imidazole rings is 1. The predicted octanol–water partition coefficient (Wildman–Crippen LogP) is 5.39. The average molecular weight is 577 g/mol. The number of likely N-dealkylation sites (tertiary alicyclic amines) is 1. The number of piperazine rings is 1. The summed E-state index contributed by atoms with van der Waals surface area (Å²) in [5.41, 5.74) is 4.95. The second-order valence-corrected chi connectivity index (χ2v) is 11.5. The predicted molar refractivity (Wildman–Crippen MR) is 154 cm³/mol. The molecule has 42 heavy (non-hydrogen) atoms. The fourth-order valence-electron chi connectivity index (χ4n) is 5.96. The van der Waals surface area contributed by atoms with Crippen molar-refractivity contribution in [3.8, 4) is 0 Å². The first-order valence-electron chi connectivity index (χ1n) is 14.5. The molecule has 2 saturated heterocycles. The molecule has 2 fully saturated rings. The van der Waals surface area contributed by atoms with E-state index >= 15 is 0 Å². The van der Waals surface area contributed by atoms with Crippen molar-refractivity contribution in [1.29, 1.82) is 0 Å². The summed E-state index contributed by atoms with van der Waals surface area (Å²) in [5, 5.41) is 0. The first kappa shape index (κ1) is 28.4. The van der Waals surface area contributed by atoms with Gasteiger partial charge in [0.15, 0.2) is 0 Å². The molecule has 5 heterocycles. The molecule has 1 amide bonds. The van der Waals surface area contributed by atoms with Crippen molar-refractivity contribution in [1.82, 2.24) is 29.1 Å². The van der Waals surface area contributed by atoms with Crippen LogP contribution in [0.25, 0.3) is 5.65 Å². The monoisotopic (exact) mass is 576 g/mol. The van der Waals surface area contributed by atoms with Gasteiger partial charge in [0.2, 0.25) is 0 Å². The van der Waals surface area contributed by atoms with Gasteiger partial charge >= 0.3 is 6.18 Å². The summed E-state index contributed by atoms with van der Waals surface area (Å²) in [5.74, 6) is 0.379. The molecule has 2 aliphatic rings. The third-order valence-corrected chi connectivity index (χ3v) is 8.49. The maximum absolute atomic E-state index is 13.3. The lowest BCUT2D eigenvalue weighted by atomic mass is 9.90. The van der Waals surface area contributed by atoms with Crippen molar-refractivity contribution in [2.45, 2.75) is 44.9 Å². The molecule has 220 valence electrons. The number of hydrogen-bond acceptors (Lipinski definition) is 5. The highest BCUT2D eigenvalue weighted by Crippen LogP contribution is 2.30. The highest BCUT2D eigenvalue weighted by atomic mass is 19.4. The molecule has 0 N–H and O–H groups in total. The van der Waals surface area contributed by atoms with Crippen molar-refractivity contribution < 1.29 is 18.0 Å². The quantitative estimate of drug-likeness (QED) is 0.308. The average Bonchev–Trinajstić information content (AvgIpc) is 3.42. The molecule has 3 aromatic heterocycles. The van der Waals surface area contributed by atoms with Crippen LogP contribution in [0, 0.1) is 6.92 Å². The van der Waals surface area contributed by atoms with Gasteiger partial charge in [0.05, 0.1) is 5.56 Å². The van der Waals surface area contributed by atoms with E-state index in [4.69, 9.17) is 0 Å². The summed E-state index contributed by atoms with van der Waals surface area (Å²) in [6.07, 6.45) is 3.60. The van der Waals surface area contributed by atoms with Crippen molar-refractivity contribution in [2.75, 3.05) is 39.3 Å². The zero-order valence-corrected chi connectivity index (χ0v) is 23.7. The molecule has 10 heteroatoms. The second-order valence-electron chi connectivity index (χ2n) is 11.5. The lowest BCUT2D eigenvalue weighted by Gasteiger charge is -2.34. The van der Waals surface area contributed by atoms with Gasteiger partial charge in [-0.25, -0.2) is 4.98 Å². The van der Waals surface area contributed by atoms with Gasteiger partial charge in [-0.1, -0.05) is 18.2 Å². The van der Waals surface area contributed by atoms with Crippen LogP contribution in [0.4, 0.5) is 13.2 Å². The number of alkyl halides is 3. The standard InChI is InChI=1S/C32H35F3N6O/c1-23-2-3-25(19-36-23)21-38-11-8-26(9-12-38)27-10-13-41-22-29(37-30(41)18-27)31(42)40-16-14-39(15-17-40)20-24-4-6-28(7-5-24)32(33,34)35/h2-7,10,13,18-19,22,26H,8-9,11-12,14-17,20-21H2,1H3. The number of rotatable bonds is 6. The van der Waals surface area contributed by atoms with Crippen LogP contribution in [-0.2, 0) is 19.3 Å². The Balaban J connectivity index is 1.02. The number of benzene rings is 1. The van der Waals surface area contributed by atoms with Crippen molar-refractivity contribution in [3.63, 3.8) is 0 Å². The molecule has 0 spiro atoms. The minimum Gasteiger partial charge on any atom is -0.335 e. The van der Waals surface area contributed by atoms with E-state index in [1.54, 1.807) is 6.20 Å². The van der Waals surface area contributed by atoms with Gasteiger partial charge in [-0.15, -0.1) is 0 Å². The number of nitrogens with zero attached hydrogens (tertiary/aromatic N) is 6. The number of amides is 1. The Morgan fingerprint density at radius 1 is 0.881 bits per heavy atom. The number of piperidine rings is 1. The van der Waals surface area contributed by atoms with E-state index in [0.717, 1.165) is 61.5 Å². The Bertz CT molecular complexity index is 1520. The second kappa shape index (κ2) is 11.9. The first-order chi connectivity index (χ1) is 20.2. The number of hydrogen-bond donors (Lipinski definition) is 0. The molecule has 7 nitrogen and oxygen atoms in total. The van der Waals surface area contributed by atoms with Crippen molar-refractivity contribution in [3.05, 3.63) is 101 Å². The SMILES string of the molecule is Cc1ccc(CN2CCC(c3ccn4cc(C(=O)N5CCN(Cc6ccc(C(F)(F)F)cc6)CC5)nc4c3)CC2)cn1. The molecular weight excluding hydrogens is 541 g/mol. The fourth-order valence-corrected chi connectivity index (χ4v) is 5.96. The van der Waals surface area contributed by atoms with Crippen LogP contribution in [0.3, 0.4) is 0 Å². The molecule has 0 atom stereocenters. The molecular formula is C32H35F3N6O. The fraction of sp³-hybridized carbons (Fsp3) is 0.406. The third kappa shape index (κ3) is 6.50. The smallest absolute Gasteiger partial charge is 0.335 e. The molecule has 4 aromatic rings. The molecule has 0 bridgehead atoms. The number of carbonyl (C=O) groups excluding carboxylic acids is 1. The van der Waals surface area contributed by atoms with Crippen LogP contribution in [0.5, 0.6) is 0 Å². The maximum Gasteiger partial charge on any atom is 0.416 e. The van der Waals surface area contributed by atoms with Gasteiger partial charge in [0, 0.05) is 63.6 Å². The summed E-state index contributed by atoms with van der Waals surface area (Å²) < 4.78 is 40.4. The molecule has 0 saturated carbocycles. The van der Waals surface area contributed by atoms with E-state index in [1.807, 2.05) is 28.6 Å². The molecule has 1 aromatic carbocycles. The summed E-state index contributed by atoms with van der Waals surface area (Å²) in [7, 11) is 0. The summed E-state index contributed by atoms with van der Waals surface area (Å²) in [6, 6.07) is 13.8. The first-order valence-corrected chi connectivity index (χ1v) is 14.5. The van der Waals surface area contributed by atoms with Crippen molar-refractivity contribution in [2.24, 2.45) is 0 Å². The number of carbonyl (C=O) groups is 1. The largest absolute Gasteiger partial charge is 0.416 e. The van der Waals surface area contributed by atoms with E-state index in [2.05, 4.69) is 44.0 Å².